The van der Waals surface area contributed by atoms with Gasteiger partial charge in [0.05, 0.1) is 5.69 Å². The standard InChI is InChI=1S/C21H22N4O3/c1-14(2)23-20(26)15(3)28-21(27)18-13-25(17-9-5-4-6-10-17)24-19(18)16-8-7-11-22-12-16/h4-15H,1-3H3,(H,23,26)/t15-/m1/s1. The molecule has 0 aliphatic heterocycles. The van der Waals surface area contributed by atoms with Gasteiger partial charge in [0.15, 0.2) is 6.10 Å². The van der Waals surface area contributed by atoms with Crippen molar-refractivity contribution < 1.29 is 14.3 Å². The van der Waals surface area contributed by atoms with Crippen LogP contribution >= 0.6 is 0 Å². The number of carbonyl (C=O) groups excluding carboxylic acids is 2. The summed E-state index contributed by atoms with van der Waals surface area (Å²) in [7, 11) is 0. The van der Waals surface area contributed by atoms with Crippen LogP contribution in [-0.2, 0) is 9.53 Å². The summed E-state index contributed by atoms with van der Waals surface area (Å²) in [6.45, 7) is 5.23. The molecule has 7 heteroatoms. The van der Waals surface area contributed by atoms with Crippen molar-refractivity contribution in [1.82, 2.24) is 20.1 Å². The molecule has 0 bridgehead atoms. The molecule has 0 aliphatic rings. The zero-order valence-electron chi connectivity index (χ0n) is 16.0. The van der Waals surface area contributed by atoms with Crippen molar-refractivity contribution >= 4 is 11.9 Å². The van der Waals surface area contributed by atoms with Gasteiger partial charge in [-0.25, -0.2) is 9.48 Å². The third-order valence-corrected chi connectivity index (χ3v) is 3.97. The second-order valence-electron chi connectivity index (χ2n) is 6.62. The molecule has 2 heterocycles. The number of para-hydroxylation sites is 1. The first-order valence-electron chi connectivity index (χ1n) is 9.02. The van der Waals surface area contributed by atoms with Crippen molar-refractivity contribution in [3.05, 3.63) is 66.6 Å². The van der Waals surface area contributed by atoms with Crippen LogP contribution in [0.5, 0.6) is 0 Å². The van der Waals surface area contributed by atoms with Crippen molar-refractivity contribution in [3.8, 4) is 16.9 Å². The summed E-state index contributed by atoms with van der Waals surface area (Å²) in [6, 6.07) is 13.0. The molecule has 144 valence electrons. The maximum atomic E-state index is 12.8. The molecule has 0 radical (unpaired) electrons. The zero-order valence-corrected chi connectivity index (χ0v) is 16.0. The summed E-state index contributed by atoms with van der Waals surface area (Å²) in [5.41, 5.74) is 2.19. The molecule has 0 saturated carbocycles. The highest BCUT2D eigenvalue weighted by atomic mass is 16.5. The molecule has 3 aromatic rings. The van der Waals surface area contributed by atoms with Gasteiger partial charge >= 0.3 is 5.97 Å². The molecule has 0 unspecified atom stereocenters. The van der Waals surface area contributed by atoms with E-state index in [-0.39, 0.29) is 17.5 Å². The fourth-order valence-electron chi connectivity index (χ4n) is 2.63. The zero-order chi connectivity index (χ0) is 20.1. The maximum absolute atomic E-state index is 12.8. The van der Waals surface area contributed by atoms with Crippen LogP contribution < -0.4 is 5.32 Å². The first-order chi connectivity index (χ1) is 13.5. The molecule has 0 saturated heterocycles. The lowest BCUT2D eigenvalue weighted by Crippen LogP contribution is -2.39. The van der Waals surface area contributed by atoms with E-state index in [0.29, 0.717) is 11.3 Å². The van der Waals surface area contributed by atoms with Crippen LogP contribution in [0.2, 0.25) is 0 Å². The van der Waals surface area contributed by atoms with Gasteiger partial charge in [0.2, 0.25) is 0 Å². The van der Waals surface area contributed by atoms with E-state index in [2.05, 4.69) is 15.4 Å². The van der Waals surface area contributed by atoms with Gasteiger partial charge in [-0.1, -0.05) is 18.2 Å². The second kappa shape index (κ2) is 8.47. The summed E-state index contributed by atoms with van der Waals surface area (Å²) < 4.78 is 6.99. The van der Waals surface area contributed by atoms with Crippen LogP contribution in [0.1, 0.15) is 31.1 Å². The van der Waals surface area contributed by atoms with Gasteiger partial charge in [-0.2, -0.15) is 5.10 Å². The number of nitrogens with zero attached hydrogens (tertiary/aromatic N) is 3. The van der Waals surface area contributed by atoms with Gasteiger partial charge < -0.3 is 10.1 Å². The van der Waals surface area contributed by atoms with Crippen LogP contribution in [0.4, 0.5) is 0 Å². The van der Waals surface area contributed by atoms with Crippen molar-refractivity contribution in [3.63, 3.8) is 0 Å². The number of carbonyl (C=O) groups is 2. The number of hydrogen-bond acceptors (Lipinski definition) is 5. The minimum Gasteiger partial charge on any atom is -0.449 e. The molecular formula is C21H22N4O3. The Labute approximate surface area is 163 Å². The number of hydrogen-bond donors (Lipinski definition) is 1. The smallest absolute Gasteiger partial charge is 0.342 e. The van der Waals surface area contributed by atoms with Gasteiger partial charge in [-0.05, 0) is 45.0 Å². The highest BCUT2D eigenvalue weighted by Crippen LogP contribution is 2.24. The lowest BCUT2D eigenvalue weighted by molar-refractivity contribution is -0.129. The number of nitrogens with one attached hydrogen (secondary N) is 1. The summed E-state index contributed by atoms with van der Waals surface area (Å²) in [5, 5.41) is 7.28. The fraction of sp³-hybridized carbons (Fsp3) is 0.238. The van der Waals surface area contributed by atoms with Crippen molar-refractivity contribution in [2.45, 2.75) is 32.9 Å². The Morgan fingerprint density at radius 1 is 1.07 bits per heavy atom. The molecule has 1 atom stereocenters. The van der Waals surface area contributed by atoms with E-state index in [9.17, 15) is 9.59 Å². The van der Waals surface area contributed by atoms with E-state index in [1.54, 1.807) is 36.3 Å². The van der Waals surface area contributed by atoms with Gasteiger partial charge in [0, 0.05) is 30.2 Å². The molecule has 28 heavy (non-hydrogen) atoms. The second-order valence-corrected chi connectivity index (χ2v) is 6.62. The minimum absolute atomic E-state index is 0.0413. The predicted octanol–water partition coefficient (Wildman–Crippen LogP) is 3.00. The topological polar surface area (TPSA) is 86.1 Å². The Hall–Kier alpha value is -3.48. The predicted molar refractivity (Wildman–Crippen MR) is 105 cm³/mol. The van der Waals surface area contributed by atoms with Crippen molar-refractivity contribution in [2.24, 2.45) is 0 Å². The average molecular weight is 378 g/mol. The van der Waals surface area contributed by atoms with E-state index >= 15 is 0 Å². The molecule has 0 aliphatic carbocycles. The minimum atomic E-state index is -0.920. The van der Waals surface area contributed by atoms with Gasteiger partial charge in [0.1, 0.15) is 11.3 Å². The quantitative estimate of drug-likeness (QED) is 0.667. The van der Waals surface area contributed by atoms with Crippen molar-refractivity contribution in [2.75, 3.05) is 0 Å². The number of rotatable bonds is 6. The number of benzene rings is 1. The number of pyridine rings is 1. The number of aromatic nitrogens is 3. The van der Waals surface area contributed by atoms with Gasteiger partial charge in [0.25, 0.3) is 5.91 Å². The van der Waals surface area contributed by atoms with E-state index in [0.717, 1.165) is 5.69 Å². The summed E-state index contributed by atoms with van der Waals surface area (Å²) in [4.78, 5) is 29.0. The molecule has 0 spiro atoms. The number of ether oxygens (including phenoxy) is 1. The summed E-state index contributed by atoms with van der Waals surface area (Å²) in [6.07, 6.45) is 3.96. The normalized spacial score (nSPS) is 11.9. The molecule has 1 N–H and O–H groups in total. The third kappa shape index (κ3) is 4.43. The number of esters is 1. The Kier molecular flexibility index (Phi) is 5.84. The first-order valence-corrected chi connectivity index (χ1v) is 9.02. The first kappa shape index (κ1) is 19.3. The Bertz CT molecular complexity index is 952. The molecule has 1 aromatic carbocycles. The summed E-state index contributed by atoms with van der Waals surface area (Å²) in [5.74, 6) is -0.964. The summed E-state index contributed by atoms with van der Waals surface area (Å²) >= 11 is 0. The monoisotopic (exact) mass is 378 g/mol. The Morgan fingerprint density at radius 2 is 1.82 bits per heavy atom. The number of amides is 1. The molecular weight excluding hydrogens is 356 g/mol. The highest BCUT2D eigenvalue weighted by Gasteiger charge is 2.24. The lowest BCUT2D eigenvalue weighted by Gasteiger charge is -2.15. The van der Waals surface area contributed by atoms with Crippen LogP contribution in [0.15, 0.2) is 61.1 Å². The van der Waals surface area contributed by atoms with E-state index in [4.69, 9.17) is 4.74 Å². The van der Waals surface area contributed by atoms with Crippen LogP contribution in [0, 0.1) is 0 Å². The molecule has 7 nitrogen and oxygen atoms in total. The largest absolute Gasteiger partial charge is 0.449 e. The molecule has 0 fully saturated rings. The average Bonchev–Trinajstić information content (AvgIpc) is 3.14. The van der Waals surface area contributed by atoms with Crippen LogP contribution in [-0.4, -0.2) is 38.8 Å². The SMILES string of the molecule is CC(C)NC(=O)[C@@H](C)OC(=O)c1cn(-c2ccccc2)nc1-c1cccnc1. The molecule has 1 amide bonds. The third-order valence-electron chi connectivity index (χ3n) is 3.97. The van der Waals surface area contributed by atoms with Gasteiger partial charge in [-0.3, -0.25) is 9.78 Å². The van der Waals surface area contributed by atoms with Crippen LogP contribution in [0.25, 0.3) is 16.9 Å². The maximum Gasteiger partial charge on any atom is 0.342 e. The van der Waals surface area contributed by atoms with E-state index < -0.39 is 12.1 Å². The highest BCUT2D eigenvalue weighted by molar-refractivity contribution is 5.97. The molecule has 3 rings (SSSR count). The van der Waals surface area contributed by atoms with Gasteiger partial charge in [-0.15, -0.1) is 0 Å². The molecule has 2 aromatic heterocycles. The Morgan fingerprint density at radius 3 is 2.46 bits per heavy atom. The van der Waals surface area contributed by atoms with E-state index in [1.165, 1.54) is 0 Å². The van der Waals surface area contributed by atoms with Crippen LogP contribution in [0.3, 0.4) is 0 Å². The lowest BCUT2D eigenvalue weighted by atomic mass is 10.1. The fourth-order valence-corrected chi connectivity index (χ4v) is 2.63. The van der Waals surface area contributed by atoms with Crippen molar-refractivity contribution in [1.29, 1.82) is 0 Å². The Balaban J connectivity index is 1.93. The van der Waals surface area contributed by atoms with E-state index in [1.807, 2.05) is 50.2 Å².